The Hall–Kier alpha value is -1.32. The van der Waals surface area contributed by atoms with E-state index in [4.69, 9.17) is 15.7 Å². The van der Waals surface area contributed by atoms with Crippen LogP contribution in [-0.2, 0) is 4.74 Å². The van der Waals surface area contributed by atoms with E-state index in [0.29, 0.717) is 24.6 Å². The molecule has 0 aromatic carbocycles. The summed E-state index contributed by atoms with van der Waals surface area (Å²) in [6.45, 7) is 6.26. The molecule has 0 aliphatic carbocycles. The van der Waals surface area contributed by atoms with E-state index >= 15 is 0 Å². The van der Waals surface area contributed by atoms with Crippen LogP contribution in [0, 0.1) is 11.3 Å². The van der Waals surface area contributed by atoms with Gasteiger partial charge in [-0.3, -0.25) is 0 Å². The van der Waals surface area contributed by atoms with E-state index in [0.717, 1.165) is 11.5 Å². The Balaban J connectivity index is 2.39. The van der Waals surface area contributed by atoms with Gasteiger partial charge in [-0.05, 0) is 25.4 Å². The molecule has 1 aliphatic rings. The summed E-state index contributed by atoms with van der Waals surface area (Å²) in [6, 6.07) is 2.12. The highest BCUT2D eigenvalue weighted by atomic mass is 32.1. The predicted octanol–water partition coefficient (Wildman–Crippen LogP) is 1.21. The van der Waals surface area contributed by atoms with Gasteiger partial charge in [0.25, 0.3) is 0 Å². The summed E-state index contributed by atoms with van der Waals surface area (Å²) in [4.78, 5) is 2.16. The maximum absolute atomic E-state index is 9.07. The molecule has 0 atom stereocenters. The lowest BCUT2D eigenvalue weighted by Gasteiger charge is -2.42. The molecule has 5 nitrogen and oxygen atoms in total. The second kappa shape index (κ2) is 3.92. The standard InChI is InChI=1S/C10H14N4OS/c1-10(2)6-15-4-3-14(10)9-7(5-11)8(12)13-16-9/h3-4,6H2,1-2H3,(H2,12,13). The van der Waals surface area contributed by atoms with E-state index in [9.17, 15) is 0 Å². The average molecular weight is 238 g/mol. The van der Waals surface area contributed by atoms with Crippen LogP contribution in [0.2, 0.25) is 0 Å². The van der Waals surface area contributed by atoms with Crippen LogP contribution in [0.1, 0.15) is 19.4 Å². The summed E-state index contributed by atoms with van der Waals surface area (Å²) in [5, 5.41) is 9.92. The van der Waals surface area contributed by atoms with Gasteiger partial charge in [-0.2, -0.15) is 9.64 Å². The van der Waals surface area contributed by atoms with Crippen LogP contribution in [0.3, 0.4) is 0 Å². The number of hydrogen-bond acceptors (Lipinski definition) is 6. The van der Waals surface area contributed by atoms with Crippen LogP contribution in [0.5, 0.6) is 0 Å². The van der Waals surface area contributed by atoms with Crippen molar-refractivity contribution in [1.82, 2.24) is 4.37 Å². The predicted molar refractivity (Wildman–Crippen MR) is 63.5 cm³/mol. The fourth-order valence-electron chi connectivity index (χ4n) is 1.82. The first-order chi connectivity index (χ1) is 7.56. The second-order valence-electron chi connectivity index (χ2n) is 4.38. The van der Waals surface area contributed by atoms with Crippen LogP contribution in [0.4, 0.5) is 10.8 Å². The van der Waals surface area contributed by atoms with Gasteiger partial charge in [-0.25, -0.2) is 0 Å². The van der Waals surface area contributed by atoms with Gasteiger partial charge in [-0.1, -0.05) is 0 Å². The lowest BCUT2D eigenvalue weighted by molar-refractivity contribution is 0.0648. The van der Waals surface area contributed by atoms with E-state index in [1.165, 1.54) is 11.5 Å². The number of nitriles is 1. The largest absolute Gasteiger partial charge is 0.382 e. The van der Waals surface area contributed by atoms with Crippen LogP contribution in [0.15, 0.2) is 0 Å². The van der Waals surface area contributed by atoms with E-state index < -0.39 is 0 Å². The number of ether oxygens (including phenoxy) is 1. The van der Waals surface area contributed by atoms with Gasteiger partial charge in [-0.15, -0.1) is 0 Å². The lowest BCUT2D eigenvalue weighted by atomic mass is 10.0. The Kier molecular flexibility index (Phi) is 2.74. The zero-order chi connectivity index (χ0) is 11.8. The molecule has 2 N–H and O–H groups in total. The van der Waals surface area contributed by atoms with Crippen molar-refractivity contribution < 1.29 is 4.74 Å². The molecule has 0 radical (unpaired) electrons. The summed E-state index contributed by atoms with van der Waals surface area (Å²) in [6.07, 6.45) is 0. The second-order valence-corrected chi connectivity index (χ2v) is 5.13. The van der Waals surface area contributed by atoms with Gasteiger partial charge < -0.3 is 15.4 Å². The quantitative estimate of drug-likeness (QED) is 0.796. The summed E-state index contributed by atoms with van der Waals surface area (Å²) in [7, 11) is 0. The third-order valence-electron chi connectivity index (χ3n) is 2.70. The molecule has 1 aliphatic heterocycles. The Morgan fingerprint density at radius 3 is 3.00 bits per heavy atom. The molecule has 86 valence electrons. The van der Waals surface area contributed by atoms with Crippen molar-refractivity contribution in [1.29, 1.82) is 5.26 Å². The lowest BCUT2D eigenvalue weighted by Crippen LogP contribution is -2.53. The minimum atomic E-state index is -0.122. The van der Waals surface area contributed by atoms with Crippen molar-refractivity contribution in [3.63, 3.8) is 0 Å². The van der Waals surface area contributed by atoms with Crippen molar-refractivity contribution in [2.24, 2.45) is 0 Å². The molecule has 0 saturated carbocycles. The van der Waals surface area contributed by atoms with Gasteiger partial charge in [0.05, 0.1) is 18.8 Å². The van der Waals surface area contributed by atoms with Gasteiger partial charge in [0.15, 0.2) is 5.82 Å². The monoisotopic (exact) mass is 238 g/mol. The fourth-order valence-corrected chi connectivity index (χ4v) is 2.77. The zero-order valence-corrected chi connectivity index (χ0v) is 10.2. The van der Waals surface area contributed by atoms with Crippen LogP contribution >= 0.6 is 11.5 Å². The van der Waals surface area contributed by atoms with Gasteiger partial charge >= 0.3 is 0 Å². The van der Waals surface area contributed by atoms with Gasteiger partial charge in [0, 0.05) is 6.54 Å². The summed E-state index contributed by atoms with van der Waals surface area (Å²) in [5.74, 6) is 0.324. The minimum Gasteiger partial charge on any atom is -0.382 e. The highest BCUT2D eigenvalue weighted by Crippen LogP contribution is 2.35. The molecule has 2 heterocycles. The van der Waals surface area contributed by atoms with E-state index in [1.807, 2.05) is 0 Å². The molecule has 1 saturated heterocycles. The summed E-state index contributed by atoms with van der Waals surface area (Å²) in [5.41, 5.74) is 6.03. The number of rotatable bonds is 1. The van der Waals surface area contributed by atoms with Crippen LogP contribution in [-0.4, -0.2) is 29.7 Å². The minimum absolute atomic E-state index is 0.122. The van der Waals surface area contributed by atoms with Crippen molar-refractivity contribution >= 4 is 22.4 Å². The van der Waals surface area contributed by atoms with Crippen LogP contribution in [0.25, 0.3) is 0 Å². The normalized spacial score (nSPS) is 19.4. The van der Waals surface area contributed by atoms with E-state index in [1.54, 1.807) is 0 Å². The first kappa shape index (κ1) is 11.2. The maximum Gasteiger partial charge on any atom is 0.157 e. The Morgan fingerprint density at radius 2 is 2.38 bits per heavy atom. The molecule has 6 heteroatoms. The Bertz CT molecular complexity index is 435. The zero-order valence-electron chi connectivity index (χ0n) is 9.36. The smallest absolute Gasteiger partial charge is 0.157 e. The molecular formula is C10H14N4OS. The molecule has 0 bridgehead atoms. The topological polar surface area (TPSA) is 75.2 Å². The third kappa shape index (κ3) is 1.72. The van der Waals surface area contributed by atoms with E-state index in [2.05, 4.69) is 29.2 Å². The number of nitrogens with zero attached hydrogens (tertiary/aromatic N) is 3. The molecule has 0 unspecified atom stereocenters. The van der Waals surface area contributed by atoms with Gasteiger partial charge in [0.1, 0.15) is 16.6 Å². The average Bonchev–Trinajstić information content (AvgIpc) is 2.58. The molecule has 0 amide bonds. The molecule has 16 heavy (non-hydrogen) atoms. The number of aromatic nitrogens is 1. The molecule has 1 fully saturated rings. The van der Waals surface area contributed by atoms with Crippen molar-refractivity contribution in [3.8, 4) is 6.07 Å². The highest BCUT2D eigenvalue weighted by Gasteiger charge is 2.33. The fraction of sp³-hybridized carbons (Fsp3) is 0.600. The first-order valence-electron chi connectivity index (χ1n) is 5.07. The number of hydrogen-bond donors (Lipinski definition) is 1. The summed E-state index contributed by atoms with van der Waals surface area (Å²) < 4.78 is 9.49. The number of anilines is 2. The van der Waals surface area contributed by atoms with Crippen molar-refractivity contribution in [3.05, 3.63) is 5.56 Å². The summed E-state index contributed by atoms with van der Waals surface area (Å²) >= 11 is 1.28. The number of nitrogen functional groups attached to an aromatic ring is 1. The molecular weight excluding hydrogens is 224 g/mol. The molecule has 1 aromatic rings. The number of nitrogens with two attached hydrogens (primary N) is 1. The number of morpholine rings is 1. The Morgan fingerprint density at radius 1 is 1.62 bits per heavy atom. The van der Waals surface area contributed by atoms with Crippen LogP contribution < -0.4 is 10.6 Å². The molecule has 0 spiro atoms. The van der Waals surface area contributed by atoms with Gasteiger partial charge in [0.2, 0.25) is 0 Å². The SMILES string of the molecule is CC1(C)COCCN1c1snc(N)c1C#N. The van der Waals surface area contributed by atoms with E-state index in [-0.39, 0.29) is 5.54 Å². The molecule has 2 rings (SSSR count). The highest BCUT2D eigenvalue weighted by molar-refractivity contribution is 7.10. The maximum atomic E-state index is 9.07. The first-order valence-corrected chi connectivity index (χ1v) is 5.84. The van der Waals surface area contributed by atoms with Crippen molar-refractivity contribution in [2.45, 2.75) is 19.4 Å². The van der Waals surface area contributed by atoms with Crippen molar-refractivity contribution in [2.75, 3.05) is 30.4 Å². The third-order valence-corrected chi connectivity index (χ3v) is 3.59. The molecule has 1 aromatic heterocycles. The Labute approximate surface area is 98.6 Å².